The number of sulfonamides is 1. The van der Waals surface area contributed by atoms with Crippen LogP contribution < -0.4 is 9.62 Å². The summed E-state index contributed by atoms with van der Waals surface area (Å²) in [5, 5.41) is 9.49. The van der Waals surface area contributed by atoms with Crippen LogP contribution in [0, 0.1) is 5.82 Å². The molecule has 2 aromatic rings. The van der Waals surface area contributed by atoms with E-state index in [0.717, 1.165) is 24.3 Å². The van der Waals surface area contributed by atoms with Gasteiger partial charge in [-0.2, -0.15) is 0 Å². The van der Waals surface area contributed by atoms with Gasteiger partial charge in [0.05, 0.1) is 29.4 Å². The van der Waals surface area contributed by atoms with Gasteiger partial charge in [-0.25, -0.2) is 17.6 Å². The lowest BCUT2D eigenvalue weighted by Gasteiger charge is -2.30. The predicted molar refractivity (Wildman–Crippen MR) is 93.6 cm³/mol. The molecule has 26 heavy (non-hydrogen) atoms. The Kier molecular flexibility index (Phi) is 5.10. The Balaban J connectivity index is 1.89. The van der Waals surface area contributed by atoms with Crippen LogP contribution in [0.5, 0.6) is 0 Å². The Morgan fingerprint density at radius 2 is 1.77 bits per heavy atom. The highest BCUT2D eigenvalue weighted by Crippen LogP contribution is 2.27. The van der Waals surface area contributed by atoms with Gasteiger partial charge in [0.2, 0.25) is 0 Å². The molecule has 2 aromatic carbocycles. The third kappa shape index (κ3) is 3.94. The highest BCUT2D eigenvalue weighted by molar-refractivity contribution is 7.92. The molecular formula is C17H17FN2O5S. The molecule has 1 fully saturated rings. The van der Waals surface area contributed by atoms with E-state index in [1.54, 1.807) is 6.07 Å². The number of hydrogen-bond donors (Lipinski definition) is 2. The summed E-state index contributed by atoms with van der Waals surface area (Å²) in [6, 6.07) is 8.69. The van der Waals surface area contributed by atoms with E-state index < -0.39 is 21.8 Å². The molecular weight excluding hydrogens is 363 g/mol. The number of carbonyl (C=O) groups is 1. The summed E-state index contributed by atoms with van der Waals surface area (Å²) in [6.45, 7) is 2.11. The SMILES string of the molecule is O=C(O)c1cc(NS(=O)(=O)c2ccc(F)cc2)ccc1N1CCOCC1. The van der Waals surface area contributed by atoms with Gasteiger partial charge in [0.15, 0.2) is 0 Å². The average molecular weight is 380 g/mol. The molecule has 138 valence electrons. The summed E-state index contributed by atoms with van der Waals surface area (Å²) in [5.41, 5.74) is 0.612. The Hall–Kier alpha value is -2.65. The molecule has 0 spiro atoms. The van der Waals surface area contributed by atoms with Gasteiger partial charge in [-0.15, -0.1) is 0 Å². The molecule has 0 atom stereocenters. The van der Waals surface area contributed by atoms with E-state index in [4.69, 9.17) is 4.74 Å². The zero-order valence-electron chi connectivity index (χ0n) is 13.7. The van der Waals surface area contributed by atoms with Crippen LogP contribution in [0.1, 0.15) is 10.4 Å². The Labute approximate surface area is 150 Å². The molecule has 0 aromatic heterocycles. The van der Waals surface area contributed by atoms with Gasteiger partial charge >= 0.3 is 5.97 Å². The molecule has 2 N–H and O–H groups in total. The molecule has 1 aliphatic rings. The van der Waals surface area contributed by atoms with Crippen molar-refractivity contribution in [2.24, 2.45) is 0 Å². The van der Waals surface area contributed by atoms with Gasteiger partial charge in [0, 0.05) is 18.8 Å². The predicted octanol–water partition coefficient (Wildman–Crippen LogP) is 2.16. The van der Waals surface area contributed by atoms with Crippen molar-refractivity contribution in [3.8, 4) is 0 Å². The second kappa shape index (κ2) is 7.30. The third-order valence-corrected chi connectivity index (χ3v) is 5.35. The summed E-state index contributed by atoms with van der Waals surface area (Å²) < 4.78 is 45.3. The van der Waals surface area contributed by atoms with Crippen molar-refractivity contribution in [3.63, 3.8) is 0 Å². The minimum atomic E-state index is -3.95. The van der Waals surface area contributed by atoms with Crippen LogP contribution in [-0.2, 0) is 14.8 Å². The molecule has 3 rings (SSSR count). The van der Waals surface area contributed by atoms with Gasteiger partial charge in [0.25, 0.3) is 10.0 Å². The monoisotopic (exact) mass is 380 g/mol. The summed E-state index contributed by atoms with van der Waals surface area (Å²) >= 11 is 0. The van der Waals surface area contributed by atoms with Crippen molar-refractivity contribution in [2.45, 2.75) is 4.90 Å². The Morgan fingerprint density at radius 3 is 2.38 bits per heavy atom. The largest absolute Gasteiger partial charge is 0.478 e. The Morgan fingerprint density at radius 1 is 1.12 bits per heavy atom. The topological polar surface area (TPSA) is 95.9 Å². The molecule has 9 heteroatoms. The van der Waals surface area contributed by atoms with Crippen LogP contribution in [0.3, 0.4) is 0 Å². The molecule has 0 radical (unpaired) electrons. The quantitative estimate of drug-likeness (QED) is 0.825. The first-order valence-corrected chi connectivity index (χ1v) is 9.33. The van der Waals surface area contributed by atoms with Gasteiger partial charge in [-0.05, 0) is 42.5 Å². The molecule has 0 aliphatic carbocycles. The lowest BCUT2D eigenvalue weighted by Crippen LogP contribution is -2.37. The van der Waals surface area contributed by atoms with E-state index in [2.05, 4.69) is 4.72 Å². The maximum atomic E-state index is 13.0. The highest BCUT2D eigenvalue weighted by atomic mass is 32.2. The number of ether oxygens (including phenoxy) is 1. The highest BCUT2D eigenvalue weighted by Gasteiger charge is 2.21. The van der Waals surface area contributed by atoms with Crippen molar-refractivity contribution >= 4 is 27.4 Å². The van der Waals surface area contributed by atoms with Gasteiger partial charge in [0.1, 0.15) is 5.82 Å². The molecule has 0 saturated carbocycles. The van der Waals surface area contributed by atoms with Gasteiger partial charge in [-0.1, -0.05) is 0 Å². The number of aromatic carboxylic acids is 1. The van der Waals surface area contributed by atoms with Crippen LogP contribution in [0.15, 0.2) is 47.4 Å². The number of nitrogens with zero attached hydrogens (tertiary/aromatic N) is 1. The van der Waals surface area contributed by atoms with E-state index in [9.17, 15) is 22.7 Å². The van der Waals surface area contributed by atoms with Crippen LogP contribution >= 0.6 is 0 Å². The van der Waals surface area contributed by atoms with E-state index in [1.165, 1.54) is 12.1 Å². The number of carboxylic acid groups (broad SMARTS) is 1. The van der Waals surface area contributed by atoms with Crippen molar-refractivity contribution < 1.29 is 27.4 Å². The fraction of sp³-hybridized carbons (Fsp3) is 0.235. The maximum Gasteiger partial charge on any atom is 0.337 e. The van der Waals surface area contributed by atoms with Gasteiger partial charge < -0.3 is 14.7 Å². The summed E-state index contributed by atoms with van der Waals surface area (Å²) in [4.78, 5) is 13.4. The minimum Gasteiger partial charge on any atom is -0.478 e. The van der Waals surface area contributed by atoms with E-state index in [-0.39, 0.29) is 16.1 Å². The van der Waals surface area contributed by atoms with Crippen molar-refractivity contribution in [2.75, 3.05) is 35.9 Å². The molecule has 0 bridgehead atoms. The molecule has 1 aliphatic heterocycles. The lowest BCUT2D eigenvalue weighted by atomic mass is 10.1. The second-order valence-electron chi connectivity index (χ2n) is 5.70. The van der Waals surface area contributed by atoms with Crippen LogP contribution in [-0.4, -0.2) is 45.8 Å². The lowest BCUT2D eigenvalue weighted by molar-refractivity contribution is 0.0696. The van der Waals surface area contributed by atoms with E-state index in [1.807, 2.05) is 4.90 Å². The van der Waals surface area contributed by atoms with Crippen LogP contribution in [0.4, 0.5) is 15.8 Å². The standard InChI is InChI=1S/C17H17FN2O5S/c18-12-1-4-14(5-2-12)26(23,24)19-13-3-6-16(15(11-13)17(21)22)20-7-9-25-10-8-20/h1-6,11,19H,7-10H2,(H,21,22). The first kappa shape index (κ1) is 18.2. The van der Waals surface area contributed by atoms with Crippen LogP contribution in [0.2, 0.25) is 0 Å². The number of rotatable bonds is 5. The van der Waals surface area contributed by atoms with E-state index in [0.29, 0.717) is 32.0 Å². The van der Waals surface area contributed by atoms with E-state index >= 15 is 0 Å². The summed E-state index contributed by atoms with van der Waals surface area (Å²) in [7, 11) is -3.95. The zero-order chi connectivity index (χ0) is 18.7. The number of benzene rings is 2. The fourth-order valence-electron chi connectivity index (χ4n) is 2.68. The molecule has 0 unspecified atom stereocenters. The first-order chi connectivity index (χ1) is 12.4. The number of anilines is 2. The van der Waals surface area contributed by atoms with Crippen molar-refractivity contribution in [1.82, 2.24) is 0 Å². The number of hydrogen-bond acceptors (Lipinski definition) is 5. The zero-order valence-corrected chi connectivity index (χ0v) is 14.5. The van der Waals surface area contributed by atoms with Crippen molar-refractivity contribution in [3.05, 3.63) is 53.8 Å². The third-order valence-electron chi connectivity index (χ3n) is 3.95. The maximum absolute atomic E-state index is 13.0. The fourth-order valence-corrected chi connectivity index (χ4v) is 3.73. The smallest absolute Gasteiger partial charge is 0.337 e. The summed E-state index contributed by atoms with van der Waals surface area (Å²) in [6.07, 6.45) is 0. The van der Waals surface area contributed by atoms with Crippen LogP contribution in [0.25, 0.3) is 0 Å². The molecule has 7 nitrogen and oxygen atoms in total. The Bertz CT molecular complexity index is 909. The number of halogens is 1. The second-order valence-corrected chi connectivity index (χ2v) is 7.38. The normalized spacial score (nSPS) is 14.9. The minimum absolute atomic E-state index is 0.00814. The number of morpholine rings is 1. The molecule has 1 saturated heterocycles. The molecule has 1 heterocycles. The molecule has 0 amide bonds. The number of nitrogens with one attached hydrogen (secondary N) is 1. The average Bonchev–Trinajstić information content (AvgIpc) is 2.62. The number of carboxylic acids is 1. The summed E-state index contributed by atoms with van der Waals surface area (Å²) in [5.74, 6) is -1.71. The first-order valence-electron chi connectivity index (χ1n) is 7.85. The van der Waals surface area contributed by atoms with Gasteiger partial charge in [-0.3, -0.25) is 4.72 Å². The van der Waals surface area contributed by atoms with Crippen molar-refractivity contribution in [1.29, 1.82) is 0 Å².